The second-order valence-electron chi connectivity index (χ2n) is 7.37. The molecule has 0 saturated heterocycles. The van der Waals surface area contributed by atoms with Gasteiger partial charge in [-0.05, 0) is 37.3 Å². The molecule has 27 heavy (non-hydrogen) atoms. The number of unbranched alkanes of at least 4 members (excludes halogenated alkanes) is 5. The van der Waals surface area contributed by atoms with Crippen molar-refractivity contribution in [2.45, 2.75) is 81.5 Å². The molecule has 0 heterocycles. The Labute approximate surface area is 180 Å². The number of hydrogen-bond donors (Lipinski definition) is 0. The Kier molecular flexibility index (Phi) is 12.8. The molecule has 0 spiro atoms. The molecule has 156 valence electrons. The maximum Gasteiger partial charge on any atom is 0.285 e. The summed E-state index contributed by atoms with van der Waals surface area (Å²) in [6.07, 6.45) is 10.8. The number of hydrogen-bond acceptors (Lipinski definition) is 3. The van der Waals surface area contributed by atoms with E-state index in [1.807, 2.05) is 0 Å². The van der Waals surface area contributed by atoms with Crippen LogP contribution < -0.4 is 0 Å². The van der Waals surface area contributed by atoms with Gasteiger partial charge in [-0.15, -0.1) is 0 Å². The van der Waals surface area contributed by atoms with E-state index in [1.165, 1.54) is 49.7 Å². The highest BCUT2D eigenvalue weighted by Gasteiger charge is 2.39. The van der Waals surface area contributed by atoms with Gasteiger partial charge in [0.15, 0.2) is 0 Å². The number of methoxy groups -OCH3 is 3. The monoisotopic (exact) mass is 490 g/mol. The predicted molar refractivity (Wildman–Crippen MR) is 122 cm³/mol. The largest absolute Gasteiger partial charge is 0.331 e. The lowest BCUT2D eigenvalue weighted by Gasteiger charge is -2.36. The van der Waals surface area contributed by atoms with E-state index in [-0.39, 0.29) is 5.92 Å². The first kappa shape index (κ1) is 24.9. The van der Waals surface area contributed by atoms with Crippen molar-refractivity contribution in [1.82, 2.24) is 0 Å². The van der Waals surface area contributed by atoms with Gasteiger partial charge in [0.05, 0.1) is 0 Å². The zero-order valence-corrected chi connectivity index (χ0v) is 20.1. The second kappa shape index (κ2) is 13.9. The highest BCUT2D eigenvalue weighted by Crippen LogP contribution is 2.33. The molecule has 1 aromatic rings. The Morgan fingerprint density at radius 1 is 0.926 bits per heavy atom. The first-order valence-corrected chi connectivity index (χ1v) is 11.7. The highest BCUT2D eigenvalue weighted by molar-refractivity contribution is 14.1. The molecule has 0 aromatic heterocycles. The molecule has 2 unspecified atom stereocenters. The van der Waals surface area contributed by atoms with Gasteiger partial charge in [0.2, 0.25) is 0 Å². The SMILES string of the molecule is CCCCCCCCC(CCc1cccc(C(C)I)c1)C(OC)(OC)OC. The quantitative estimate of drug-likeness (QED) is 0.114. The van der Waals surface area contributed by atoms with Crippen molar-refractivity contribution in [1.29, 1.82) is 0 Å². The van der Waals surface area contributed by atoms with Crippen LogP contribution in [0.1, 0.15) is 80.3 Å². The van der Waals surface area contributed by atoms with Crippen molar-refractivity contribution in [3.05, 3.63) is 35.4 Å². The van der Waals surface area contributed by atoms with Crippen LogP contribution in [-0.2, 0) is 20.6 Å². The summed E-state index contributed by atoms with van der Waals surface area (Å²) in [6.45, 7) is 4.49. The molecule has 4 heteroatoms. The van der Waals surface area contributed by atoms with Crippen LogP contribution >= 0.6 is 22.6 Å². The van der Waals surface area contributed by atoms with Crippen LogP contribution in [0.15, 0.2) is 24.3 Å². The van der Waals surface area contributed by atoms with E-state index in [0.717, 1.165) is 19.3 Å². The summed E-state index contributed by atoms with van der Waals surface area (Å²) in [5.74, 6) is -0.734. The molecule has 0 fully saturated rings. The maximum atomic E-state index is 5.70. The lowest BCUT2D eigenvalue weighted by Crippen LogP contribution is -2.44. The van der Waals surface area contributed by atoms with Crippen LogP contribution in [0.2, 0.25) is 0 Å². The lowest BCUT2D eigenvalue weighted by molar-refractivity contribution is -0.380. The molecule has 3 nitrogen and oxygen atoms in total. The Bertz CT molecular complexity index is 492. The minimum absolute atomic E-state index is 0.212. The topological polar surface area (TPSA) is 27.7 Å². The molecule has 0 bridgehead atoms. The molecule has 2 atom stereocenters. The normalized spacial score (nSPS) is 14.3. The third-order valence-electron chi connectivity index (χ3n) is 5.45. The van der Waals surface area contributed by atoms with E-state index >= 15 is 0 Å². The molecule has 0 aliphatic rings. The smallest absolute Gasteiger partial charge is 0.285 e. The van der Waals surface area contributed by atoms with Crippen LogP contribution in [-0.4, -0.2) is 27.3 Å². The van der Waals surface area contributed by atoms with E-state index < -0.39 is 5.97 Å². The average molecular weight is 490 g/mol. The van der Waals surface area contributed by atoms with Crippen molar-refractivity contribution in [2.24, 2.45) is 5.92 Å². The van der Waals surface area contributed by atoms with E-state index in [4.69, 9.17) is 14.2 Å². The number of alkyl halides is 1. The van der Waals surface area contributed by atoms with Gasteiger partial charge in [0, 0.05) is 31.2 Å². The zero-order chi connectivity index (χ0) is 20.1. The second-order valence-corrected chi connectivity index (χ2v) is 9.24. The molecular formula is C23H39IO3. The average Bonchev–Trinajstić information content (AvgIpc) is 2.69. The maximum absolute atomic E-state index is 5.70. The Morgan fingerprint density at radius 2 is 1.56 bits per heavy atom. The first-order valence-electron chi connectivity index (χ1n) is 10.4. The van der Waals surface area contributed by atoms with Gasteiger partial charge >= 0.3 is 0 Å². The third-order valence-corrected chi connectivity index (χ3v) is 6.17. The molecule has 0 saturated carbocycles. The van der Waals surface area contributed by atoms with Crippen molar-refractivity contribution >= 4 is 22.6 Å². The molecule has 1 aromatic carbocycles. The van der Waals surface area contributed by atoms with E-state index in [1.54, 1.807) is 21.3 Å². The summed E-state index contributed by atoms with van der Waals surface area (Å²) < 4.78 is 17.6. The molecule has 0 N–H and O–H groups in total. The van der Waals surface area contributed by atoms with Crippen LogP contribution in [0.3, 0.4) is 0 Å². The number of rotatable bonds is 15. The van der Waals surface area contributed by atoms with Gasteiger partial charge in [0.1, 0.15) is 0 Å². The van der Waals surface area contributed by atoms with Crippen molar-refractivity contribution in [3.8, 4) is 0 Å². The van der Waals surface area contributed by atoms with Crippen molar-refractivity contribution < 1.29 is 14.2 Å². The van der Waals surface area contributed by atoms with Gasteiger partial charge in [-0.25, -0.2) is 0 Å². The summed E-state index contributed by atoms with van der Waals surface area (Å²) >= 11 is 2.47. The summed E-state index contributed by atoms with van der Waals surface area (Å²) in [4.78, 5) is 0. The Balaban J connectivity index is 2.71. The van der Waals surface area contributed by atoms with Crippen LogP contribution in [0.5, 0.6) is 0 Å². The van der Waals surface area contributed by atoms with Crippen LogP contribution in [0.25, 0.3) is 0 Å². The summed E-state index contributed by atoms with van der Waals surface area (Å²) in [5.41, 5.74) is 2.76. The van der Waals surface area contributed by atoms with Crippen molar-refractivity contribution in [2.75, 3.05) is 21.3 Å². The number of benzene rings is 1. The fraction of sp³-hybridized carbons (Fsp3) is 0.739. The zero-order valence-electron chi connectivity index (χ0n) is 17.9. The summed E-state index contributed by atoms with van der Waals surface area (Å²) in [5, 5.41) is 0. The molecule has 1 rings (SSSR count). The fourth-order valence-corrected chi connectivity index (χ4v) is 4.14. The van der Waals surface area contributed by atoms with Crippen molar-refractivity contribution in [3.63, 3.8) is 0 Å². The minimum atomic E-state index is -0.947. The number of aryl methyl sites for hydroxylation is 1. The Hall–Kier alpha value is -0.170. The predicted octanol–water partition coefficient (Wildman–Crippen LogP) is 7.08. The van der Waals surface area contributed by atoms with Gasteiger partial charge in [-0.2, -0.15) is 0 Å². The van der Waals surface area contributed by atoms with Crippen LogP contribution in [0.4, 0.5) is 0 Å². The molecule has 0 aliphatic heterocycles. The fourth-order valence-electron chi connectivity index (χ4n) is 3.76. The minimum Gasteiger partial charge on any atom is -0.331 e. The molecule has 0 amide bonds. The molecule has 0 aliphatic carbocycles. The van der Waals surface area contributed by atoms with Gasteiger partial charge in [-0.3, -0.25) is 0 Å². The van der Waals surface area contributed by atoms with E-state index in [2.05, 4.69) is 60.7 Å². The Morgan fingerprint density at radius 3 is 2.15 bits per heavy atom. The first-order chi connectivity index (χ1) is 13.0. The number of ether oxygens (including phenoxy) is 3. The third kappa shape index (κ3) is 8.38. The standard InChI is InChI=1S/C23H39IO3/c1-6-7-8-9-10-11-15-22(23(25-3,26-4)27-5)17-16-20-13-12-14-21(18-20)19(2)24/h12-14,18-19,22H,6-11,15-17H2,1-5H3. The van der Waals surface area contributed by atoms with Crippen LogP contribution in [0, 0.1) is 5.92 Å². The van der Waals surface area contributed by atoms with Gasteiger partial charge < -0.3 is 14.2 Å². The van der Waals surface area contributed by atoms with E-state index in [9.17, 15) is 0 Å². The van der Waals surface area contributed by atoms with Gasteiger partial charge in [0.25, 0.3) is 5.97 Å². The highest BCUT2D eigenvalue weighted by atomic mass is 127. The van der Waals surface area contributed by atoms with Gasteiger partial charge in [-0.1, -0.05) is 92.3 Å². The summed E-state index contributed by atoms with van der Waals surface area (Å²) in [6, 6.07) is 8.92. The van der Waals surface area contributed by atoms with E-state index in [0.29, 0.717) is 3.92 Å². The summed E-state index contributed by atoms with van der Waals surface area (Å²) in [7, 11) is 5.04. The lowest BCUT2D eigenvalue weighted by atomic mass is 9.91. The number of halogens is 1. The molecular weight excluding hydrogens is 451 g/mol. The molecule has 0 radical (unpaired) electrons.